The predicted octanol–water partition coefficient (Wildman–Crippen LogP) is 4.10. The van der Waals surface area contributed by atoms with Crippen LogP contribution in [-0.2, 0) is 4.79 Å². The normalized spacial score (nSPS) is 53.7. The molecule has 4 saturated carbocycles. The predicted molar refractivity (Wildman–Crippen MR) is 91.8 cm³/mol. The van der Waals surface area contributed by atoms with E-state index in [2.05, 4.69) is 19.9 Å². The number of nitriles is 1. The third-order valence-corrected chi connectivity index (χ3v) is 8.85. The van der Waals surface area contributed by atoms with Crippen molar-refractivity contribution in [3.8, 4) is 6.07 Å². The van der Waals surface area contributed by atoms with E-state index in [1.165, 1.54) is 12.8 Å². The third kappa shape index (κ3) is 2.15. The summed E-state index contributed by atoms with van der Waals surface area (Å²) in [7, 11) is 0. The molecule has 0 heterocycles. The Bertz CT molecular complexity index is 581. The summed E-state index contributed by atoms with van der Waals surface area (Å²) < 4.78 is 0. The van der Waals surface area contributed by atoms with E-state index in [0.29, 0.717) is 42.3 Å². The Balaban J connectivity index is 1.66. The quantitative estimate of drug-likeness (QED) is 0.788. The lowest BCUT2D eigenvalue weighted by Gasteiger charge is -2.59. The number of hydrogen-bond donors (Lipinski definition) is 1. The molecule has 0 aromatic carbocycles. The van der Waals surface area contributed by atoms with Crippen molar-refractivity contribution in [2.24, 2.45) is 40.4 Å². The van der Waals surface area contributed by atoms with Crippen molar-refractivity contribution in [1.82, 2.24) is 0 Å². The van der Waals surface area contributed by atoms with Crippen LogP contribution in [0, 0.1) is 51.8 Å². The van der Waals surface area contributed by atoms with E-state index in [1.54, 1.807) is 0 Å². The highest BCUT2D eigenvalue weighted by atomic mass is 16.3. The van der Waals surface area contributed by atoms with Gasteiger partial charge in [0.05, 0.1) is 12.2 Å². The molecule has 0 bridgehead atoms. The second-order valence-electron chi connectivity index (χ2n) is 9.74. The minimum absolute atomic E-state index is 0.0609. The number of ketones is 1. The number of aliphatic hydroxyl groups excluding tert-OH is 1. The van der Waals surface area contributed by atoms with E-state index in [9.17, 15) is 15.2 Å². The topological polar surface area (TPSA) is 61.1 Å². The summed E-state index contributed by atoms with van der Waals surface area (Å²) in [4.78, 5) is 13.3. The Labute approximate surface area is 145 Å². The zero-order valence-electron chi connectivity index (χ0n) is 15.1. The summed E-state index contributed by atoms with van der Waals surface area (Å²) in [6, 6.07) is 2.37. The van der Waals surface area contributed by atoms with Crippen molar-refractivity contribution in [2.45, 2.75) is 77.7 Å². The van der Waals surface area contributed by atoms with Crippen LogP contribution >= 0.6 is 0 Å². The number of Topliss-reactive ketones (excluding diaryl/α,β-unsaturated/α-hetero) is 1. The first-order valence-electron chi connectivity index (χ1n) is 9.98. The molecule has 0 saturated heterocycles. The second-order valence-corrected chi connectivity index (χ2v) is 9.74. The molecule has 0 unspecified atom stereocenters. The van der Waals surface area contributed by atoms with Crippen molar-refractivity contribution in [3.05, 3.63) is 0 Å². The van der Waals surface area contributed by atoms with Gasteiger partial charge in [0.15, 0.2) is 0 Å². The highest BCUT2D eigenvalue weighted by Crippen LogP contribution is 2.66. The van der Waals surface area contributed by atoms with Crippen molar-refractivity contribution in [2.75, 3.05) is 0 Å². The molecule has 0 aromatic heterocycles. The van der Waals surface area contributed by atoms with E-state index in [-0.39, 0.29) is 22.9 Å². The van der Waals surface area contributed by atoms with E-state index in [0.717, 1.165) is 32.1 Å². The standard InChI is InChI=1S/C21H31NO2/c1-20-9-7-15(23)11-14(20)3-5-16-17-6-4-13(8-10-22)21(17,2)12-18(24)19(16)20/h13-17,19,23H,3-9,11-12H2,1-2H3/t13-,14+,15-,16+,17+,19-,20+,21-/m1/s1. The molecule has 0 amide bonds. The molecule has 3 nitrogen and oxygen atoms in total. The van der Waals surface area contributed by atoms with Crippen LogP contribution in [0.4, 0.5) is 0 Å². The van der Waals surface area contributed by atoms with Crippen molar-refractivity contribution >= 4 is 5.78 Å². The maximum Gasteiger partial charge on any atom is 0.137 e. The number of hydrogen-bond acceptors (Lipinski definition) is 3. The lowest BCUT2D eigenvalue weighted by atomic mass is 9.44. The summed E-state index contributed by atoms with van der Waals surface area (Å²) in [5.74, 6) is 2.78. The fraction of sp³-hybridized carbons (Fsp3) is 0.905. The molecular formula is C21H31NO2. The molecule has 3 heteroatoms. The number of carbonyl (C=O) groups is 1. The van der Waals surface area contributed by atoms with Crippen LogP contribution in [0.1, 0.15) is 71.6 Å². The molecular weight excluding hydrogens is 298 g/mol. The molecule has 0 radical (unpaired) electrons. The van der Waals surface area contributed by atoms with Crippen LogP contribution in [-0.4, -0.2) is 17.0 Å². The summed E-state index contributed by atoms with van der Waals surface area (Å²) >= 11 is 0. The lowest BCUT2D eigenvalue weighted by Crippen LogP contribution is -2.57. The molecule has 132 valence electrons. The molecule has 4 rings (SSSR count). The average Bonchev–Trinajstić information content (AvgIpc) is 2.84. The van der Waals surface area contributed by atoms with E-state index < -0.39 is 0 Å². The molecule has 4 aliphatic rings. The van der Waals surface area contributed by atoms with Crippen LogP contribution in [0.2, 0.25) is 0 Å². The third-order valence-electron chi connectivity index (χ3n) is 8.85. The fourth-order valence-electron chi connectivity index (χ4n) is 7.60. The molecule has 1 N–H and O–H groups in total. The van der Waals surface area contributed by atoms with Crippen LogP contribution in [0.5, 0.6) is 0 Å². The second kappa shape index (κ2) is 5.56. The largest absolute Gasteiger partial charge is 0.393 e. The first-order valence-corrected chi connectivity index (χ1v) is 9.98. The van der Waals surface area contributed by atoms with Gasteiger partial charge in [-0.2, -0.15) is 5.26 Å². The van der Waals surface area contributed by atoms with Gasteiger partial charge in [-0.15, -0.1) is 0 Å². The molecule has 0 aromatic rings. The average molecular weight is 329 g/mol. The number of nitrogens with zero attached hydrogens (tertiary/aromatic N) is 1. The first kappa shape index (κ1) is 16.6. The Morgan fingerprint density at radius 1 is 1.17 bits per heavy atom. The van der Waals surface area contributed by atoms with Gasteiger partial charge in [-0.05, 0) is 79.4 Å². The zero-order chi connectivity index (χ0) is 17.1. The van der Waals surface area contributed by atoms with Crippen molar-refractivity contribution < 1.29 is 9.90 Å². The smallest absolute Gasteiger partial charge is 0.137 e. The highest BCUT2D eigenvalue weighted by Gasteiger charge is 2.62. The molecule has 24 heavy (non-hydrogen) atoms. The van der Waals surface area contributed by atoms with Crippen LogP contribution < -0.4 is 0 Å². The maximum absolute atomic E-state index is 13.3. The van der Waals surface area contributed by atoms with Gasteiger partial charge in [0.1, 0.15) is 5.78 Å². The maximum atomic E-state index is 13.3. The monoisotopic (exact) mass is 329 g/mol. The Hall–Kier alpha value is -0.880. The Morgan fingerprint density at radius 2 is 1.96 bits per heavy atom. The highest BCUT2D eigenvalue weighted by molar-refractivity contribution is 5.84. The van der Waals surface area contributed by atoms with Gasteiger partial charge in [-0.3, -0.25) is 4.79 Å². The molecule has 4 aliphatic carbocycles. The van der Waals surface area contributed by atoms with Crippen LogP contribution in [0.3, 0.4) is 0 Å². The van der Waals surface area contributed by atoms with Gasteiger partial charge in [0.25, 0.3) is 0 Å². The van der Waals surface area contributed by atoms with Crippen molar-refractivity contribution in [1.29, 1.82) is 5.26 Å². The molecule has 8 atom stereocenters. The number of aliphatic hydroxyl groups is 1. The summed E-state index contributed by atoms with van der Waals surface area (Å²) in [6.07, 6.45) is 8.59. The number of carbonyl (C=O) groups excluding carboxylic acids is 1. The van der Waals surface area contributed by atoms with E-state index in [4.69, 9.17) is 0 Å². The molecule has 4 fully saturated rings. The van der Waals surface area contributed by atoms with Gasteiger partial charge in [-0.25, -0.2) is 0 Å². The van der Waals surface area contributed by atoms with E-state index >= 15 is 0 Å². The first-order chi connectivity index (χ1) is 11.4. The summed E-state index contributed by atoms with van der Waals surface area (Å²) in [5.41, 5.74) is 0.166. The van der Waals surface area contributed by atoms with Gasteiger partial charge in [0, 0.05) is 18.8 Å². The zero-order valence-corrected chi connectivity index (χ0v) is 15.1. The SMILES string of the molecule is C[C@]12CC[C@@H](O)C[C@@H]1CC[C@H]1[C@@H]3CC[C@H](CC#N)[C@@]3(C)CC(=O)[C@@H]12. The lowest BCUT2D eigenvalue weighted by molar-refractivity contribution is -0.161. The summed E-state index contributed by atoms with van der Waals surface area (Å²) in [5, 5.41) is 19.3. The molecule has 0 spiro atoms. The number of fused-ring (bicyclic) bond motifs is 5. The molecule has 0 aliphatic heterocycles. The van der Waals surface area contributed by atoms with Gasteiger partial charge in [-0.1, -0.05) is 13.8 Å². The van der Waals surface area contributed by atoms with Gasteiger partial charge in [0.2, 0.25) is 0 Å². The van der Waals surface area contributed by atoms with Gasteiger partial charge < -0.3 is 5.11 Å². The minimum Gasteiger partial charge on any atom is -0.393 e. The Kier molecular flexibility index (Phi) is 3.84. The fourth-order valence-corrected chi connectivity index (χ4v) is 7.60. The van der Waals surface area contributed by atoms with E-state index in [1.807, 2.05) is 0 Å². The minimum atomic E-state index is -0.157. The van der Waals surface area contributed by atoms with Gasteiger partial charge >= 0.3 is 0 Å². The summed E-state index contributed by atoms with van der Waals surface area (Å²) in [6.45, 7) is 4.66. The number of rotatable bonds is 1. The Morgan fingerprint density at radius 3 is 2.71 bits per heavy atom. The van der Waals surface area contributed by atoms with Crippen LogP contribution in [0.15, 0.2) is 0 Å². The van der Waals surface area contributed by atoms with Crippen LogP contribution in [0.25, 0.3) is 0 Å². The van der Waals surface area contributed by atoms with Crippen molar-refractivity contribution in [3.63, 3.8) is 0 Å².